The lowest BCUT2D eigenvalue weighted by Gasteiger charge is -2.11. The highest BCUT2D eigenvalue weighted by Crippen LogP contribution is 2.13. The fraction of sp³-hybridized carbons (Fsp3) is 0.368. The number of nitrogens with zero attached hydrogens (tertiary/aromatic N) is 2. The van der Waals surface area contributed by atoms with E-state index in [4.69, 9.17) is 0 Å². The number of benzene rings is 1. The Morgan fingerprint density at radius 3 is 2.58 bits per heavy atom. The third-order valence-corrected chi connectivity index (χ3v) is 3.73. The smallest absolute Gasteiger partial charge is 0.255 e. The third kappa shape index (κ3) is 5.66. The zero-order valence-electron chi connectivity index (χ0n) is 14.7. The van der Waals surface area contributed by atoms with Gasteiger partial charge in [-0.1, -0.05) is 19.1 Å². The van der Waals surface area contributed by atoms with E-state index in [0.717, 1.165) is 37.4 Å². The molecule has 2 N–H and O–H groups in total. The van der Waals surface area contributed by atoms with Crippen LogP contribution in [-0.2, 0) is 6.42 Å². The van der Waals surface area contributed by atoms with Crippen LogP contribution in [-0.4, -0.2) is 43.0 Å². The number of amides is 1. The van der Waals surface area contributed by atoms with E-state index in [0.29, 0.717) is 5.56 Å². The highest BCUT2D eigenvalue weighted by Gasteiger charge is 2.07. The Kier molecular flexibility index (Phi) is 6.75. The molecule has 1 heterocycles. The summed E-state index contributed by atoms with van der Waals surface area (Å²) in [6, 6.07) is 11.4. The SMILES string of the molecule is CCc1ccc(NC(=O)c2ccnc(NCCCN(C)C)c2)cc1. The van der Waals surface area contributed by atoms with Crippen molar-refractivity contribution in [3.8, 4) is 0 Å². The lowest BCUT2D eigenvalue weighted by Crippen LogP contribution is -2.17. The first-order valence-electron chi connectivity index (χ1n) is 8.33. The van der Waals surface area contributed by atoms with Gasteiger partial charge in [0.15, 0.2) is 0 Å². The van der Waals surface area contributed by atoms with Crippen LogP contribution in [0.1, 0.15) is 29.3 Å². The lowest BCUT2D eigenvalue weighted by molar-refractivity contribution is 0.102. The Balaban J connectivity index is 1.92. The molecule has 128 valence electrons. The van der Waals surface area contributed by atoms with E-state index in [1.807, 2.05) is 24.3 Å². The van der Waals surface area contributed by atoms with Crippen LogP contribution in [0, 0.1) is 0 Å². The quantitative estimate of drug-likeness (QED) is 0.731. The third-order valence-electron chi connectivity index (χ3n) is 3.73. The molecule has 0 atom stereocenters. The van der Waals surface area contributed by atoms with Gasteiger partial charge in [0.2, 0.25) is 0 Å². The van der Waals surface area contributed by atoms with Crippen LogP contribution in [0.15, 0.2) is 42.6 Å². The van der Waals surface area contributed by atoms with Crippen LogP contribution < -0.4 is 10.6 Å². The molecule has 0 radical (unpaired) electrons. The Morgan fingerprint density at radius 2 is 1.92 bits per heavy atom. The van der Waals surface area contributed by atoms with E-state index in [2.05, 4.69) is 41.5 Å². The molecule has 0 bridgehead atoms. The number of anilines is 2. The van der Waals surface area contributed by atoms with Crippen LogP contribution in [0.25, 0.3) is 0 Å². The van der Waals surface area contributed by atoms with E-state index in [9.17, 15) is 4.79 Å². The summed E-state index contributed by atoms with van der Waals surface area (Å²) >= 11 is 0. The maximum atomic E-state index is 12.4. The molecular weight excluding hydrogens is 300 g/mol. The summed E-state index contributed by atoms with van der Waals surface area (Å²) in [6.45, 7) is 3.95. The molecule has 24 heavy (non-hydrogen) atoms. The second-order valence-electron chi connectivity index (χ2n) is 6.02. The number of pyridine rings is 1. The maximum Gasteiger partial charge on any atom is 0.255 e. The van der Waals surface area contributed by atoms with Gasteiger partial charge in [0.1, 0.15) is 5.82 Å². The van der Waals surface area contributed by atoms with Gasteiger partial charge in [0.25, 0.3) is 5.91 Å². The number of carbonyl (C=O) groups is 1. The largest absolute Gasteiger partial charge is 0.370 e. The lowest BCUT2D eigenvalue weighted by atomic mass is 10.1. The molecule has 1 aromatic heterocycles. The Morgan fingerprint density at radius 1 is 1.17 bits per heavy atom. The van der Waals surface area contributed by atoms with Crippen LogP contribution in [0.3, 0.4) is 0 Å². The van der Waals surface area contributed by atoms with E-state index in [-0.39, 0.29) is 5.91 Å². The van der Waals surface area contributed by atoms with E-state index < -0.39 is 0 Å². The normalized spacial score (nSPS) is 10.7. The van der Waals surface area contributed by atoms with Crippen molar-refractivity contribution in [2.75, 3.05) is 37.8 Å². The van der Waals surface area contributed by atoms with Crippen LogP contribution >= 0.6 is 0 Å². The topological polar surface area (TPSA) is 57.3 Å². The Hall–Kier alpha value is -2.40. The van der Waals surface area contributed by atoms with Crippen molar-refractivity contribution in [2.24, 2.45) is 0 Å². The van der Waals surface area contributed by atoms with Crippen molar-refractivity contribution in [3.05, 3.63) is 53.7 Å². The predicted octanol–water partition coefficient (Wildman–Crippen LogP) is 3.26. The molecule has 0 spiro atoms. The number of carbonyl (C=O) groups excluding carboxylic acids is 1. The second kappa shape index (κ2) is 9.03. The molecule has 0 aliphatic heterocycles. The van der Waals surface area contributed by atoms with Gasteiger partial charge in [-0.2, -0.15) is 0 Å². The average Bonchev–Trinajstić information content (AvgIpc) is 2.59. The van der Waals surface area contributed by atoms with Gasteiger partial charge in [0, 0.05) is 24.0 Å². The molecule has 5 nitrogen and oxygen atoms in total. The van der Waals surface area contributed by atoms with Crippen LogP contribution in [0.4, 0.5) is 11.5 Å². The number of aromatic nitrogens is 1. The number of hydrogen-bond acceptors (Lipinski definition) is 4. The molecule has 0 saturated heterocycles. The number of rotatable bonds is 8. The monoisotopic (exact) mass is 326 g/mol. The van der Waals surface area contributed by atoms with E-state index >= 15 is 0 Å². The number of hydrogen-bond donors (Lipinski definition) is 2. The molecule has 0 unspecified atom stereocenters. The highest BCUT2D eigenvalue weighted by atomic mass is 16.1. The average molecular weight is 326 g/mol. The zero-order valence-corrected chi connectivity index (χ0v) is 14.7. The molecule has 0 saturated carbocycles. The summed E-state index contributed by atoms with van der Waals surface area (Å²) in [6.07, 6.45) is 3.67. The van der Waals surface area contributed by atoms with Gasteiger partial charge in [-0.25, -0.2) is 4.98 Å². The first-order chi connectivity index (χ1) is 11.6. The van der Waals surface area contributed by atoms with Gasteiger partial charge in [-0.15, -0.1) is 0 Å². The molecule has 2 rings (SSSR count). The standard InChI is InChI=1S/C19H26N4O/c1-4-15-6-8-17(9-7-15)22-19(24)16-10-12-21-18(14-16)20-11-5-13-23(2)3/h6-10,12,14H,4-5,11,13H2,1-3H3,(H,20,21)(H,22,24). The van der Waals surface area contributed by atoms with E-state index in [1.54, 1.807) is 18.3 Å². The summed E-state index contributed by atoms with van der Waals surface area (Å²) in [5.74, 6) is 0.598. The first kappa shape index (κ1) is 17.9. The van der Waals surface area contributed by atoms with Crippen molar-refractivity contribution >= 4 is 17.4 Å². The summed E-state index contributed by atoms with van der Waals surface area (Å²) < 4.78 is 0. The molecule has 0 aliphatic carbocycles. The van der Waals surface area contributed by atoms with Gasteiger partial charge >= 0.3 is 0 Å². The predicted molar refractivity (Wildman–Crippen MR) is 99.7 cm³/mol. The minimum Gasteiger partial charge on any atom is -0.370 e. The van der Waals surface area contributed by atoms with Gasteiger partial charge in [-0.3, -0.25) is 4.79 Å². The molecule has 0 aliphatic rings. The molecule has 1 aromatic carbocycles. The second-order valence-corrected chi connectivity index (χ2v) is 6.02. The molecule has 1 amide bonds. The van der Waals surface area contributed by atoms with E-state index in [1.165, 1.54) is 5.56 Å². The van der Waals surface area contributed by atoms with Crippen molar-refractivity contribution in [1.29, 1.82) is 0 Å². The van der Waals surface area contributed by atoms with Gasteiger partial charge in [0.05, 0.1) is 0 Å². The Labute approximate surface area is 144 Å². The zero-order chi connectivity index (χ0) is 17.4. The summed E-state index contributed by atoms with van der Waals surface area (Å²) in [4.78, 5) is 18.8. The van der Waals surface area contributed by atoms with Crippen LogP contribution in [0.2, 0.25) is 0 Å². The van der Waals surface area contributed by atoms with Crippen molar-refractivity contribution < 1.29 is 4.79 Å². The Bertz CT molecular complexity index is 653. The number of aryl methyl sites for hydroxylation is 1. The first-order valence-corrected chi connectivity index (χ1v) is 8.33. The summed E-state index contributed by atoms with van der Waals surface area (Å²) in [5, 5.41) is 6.17. The molecular formula is C19H26N4O. The van der Waals surface area contributed by atoms with Crippen molar-refractivity contribution in [2.45, 2.75) is 19.8 Å². The van der Waals surface area contributed by atoms with Crippen molar-refractivity contribution in [3.63, 3.8) is 0 Å². The minimum absolute atomic E-state index is 0.127. The molecule has 0 fully saturated rings. The van der Waals surface area contributed by atoms with Gasteiger partial charge < -0.3 is 15.5 Å². The maximum absolute atomic E-state index is 12.4. The summed E-state index contributed by atoms with van der Waals surface area (Å²) in [7, 11) is 4.10. The molecule has 5 heteroatoms. The van der Waals surface area contributed by atoms with Crippen LogP contribution in [0.5, 0.6) is 0 Å². The fourth-order valence-corrected chi connectivity index (χ4v) is 2.31. The fourth-order valence-electron chi connectivity index (χ4n) is 2.31. The summed E-state index contributed by atoms with van der Waals surface area (Å²) in [5.41, 5.74) is 2.65. The van der Waals surface area contributed by atoms with Gasteiger partial charge in [-0.05, 0) is 63.3 Å². The number of nitrogens with one attached hydrogen (secondary N) is 2. The highest BCUT2D eigenvalue weighted by molar-refractivity contribution is 6.04. The minimum atomic E-state index is -0.127. The molecule has 2 aromatic rings. The van der Waals surface area contributed by atoms with Crippen molar-refractivity contribution in [1.82, 2.24) is 9.88 Å².